The lowest BCUT2D eigenvalue weighted by Crippen LogP contribution is -2.35. The summed E-state index contributed by atoms with van der Waals surface area (Å²) in [6.45, 7) is 5.70. The monoisotopic (exact) mass is 174 g/mol. The molecule has 0 radical (unpaired) electrons. The highest BCUT2D eigenvalue weighted by atomic mass is 15.0. The number of hydrogen-bond acceptors (Lipinski definition) is 0. The Bertz CT molecular complexity index is 361. The van der Waals surface area contributed by atoms with E-state index in [2.05, 4.69) is 56.0 Å². The van der Waals surface area contributed by atoms with Gasteiger partial charge in [-0.25, -0.2) is 4.58 Å². The first kappa shape index (κ1) is 8.49. The van der Waals surface area contributed by atoms with E-state index in [9.17, 15) is 0 Å². The van der Waals surface area contributed by atoms with Crippen LogP contribution >= 0.6 is 0 Å². The fourth-order valence-corrected chi connectivity index (χ4v) is 2.22. The van der Waals surface area contributed by atoms with Crippen LogP contribution in [0.4, 0.5) is 0 Å². The zero-order valence-electron chi connectivity index (χ0n) is 8.54. The van der Waals surface area contributed by atoms with Crippen molar-refractivity contribution in [1.82, 2.24) is 0 Å². The van der Waals surface area contributed by atoms with Crippen LogP contribution < -0.4 is 0 Å². The third kappa shape index (κ3) is 1.39. The van der Waals surface area contributed by atoms with Gasteiger partial charge in [0.1, 0.15) is 7.05 Å². The van der Waals surface area contributed by atoms with Gasteiger partial charge < -0.3 is 0 Å². The molecular formula is C12H16N+. The van der Waals surface area contributed by atoms with E-state index in [4.69, 9.17) is 0 Å². The van der Waals surface area contributed by atoms with Crippen LogP contribution in [0.3, 0.4) is 0 Å². The normalized spacial score (nSPS) is 19.2. The first-order valence-corrected chi connectivity index (χ1v) is 4.74. The number of fused-ring (bicyclic) bond motifs is 1. The summed E-state index contributed by atoms with van der Waals surface area (Å²) < 4.78 is 2.27. The Morgan fingerprint density at radius 3 is 2.69 bits per heavy atom. The molecule has 0 atom stereocenters. The van der Waals surface area contributed by atoms with Crippen molar-refractivity contribution in [2.24, 2.45) is 0 Å². The van der Waals surface area contributed by atoms with E-state index in [-0.39, 0.29) is 5.41 Å². The van der Waals surface area contributed by atoms with Gasteiger partial charge in [-0.15, -0.1) is 0 Å². The predicted octanol–water partition coefficient (Wildman–Crippen LogP) is 2.04. The van der Waals surface area contributed by atoms with E-state index in [1.54, 1.807) is 0 Å². The van der Waals surface area contributed by atoms with Gasteiger partial charge in [-0.1, -0.05) is 18.2 Å². The Morgan fingerprint density at radius 1 is 1.23 bits per heavy atom. The molecule has 0 amide bonds. The summed E-state index contributed by atoms with van der Waals surface area (Å²) in [5.41, 5.74) is 3.11. The number of rotatable bonds is 0. The van der Waals surface area contributed by atoms with Crippen LogP contribution in [0.2, 0.25) is 0 Å². The maximum absolute atomic E-state index is 2.30. The molecule has 2 rings (SSSR count). The van der Waals surface area contributed by atoms with Crippen molar-refractivity contribution < 1.29 is 4.58 Å². The van der Waals surface area contributed by atoms with Crippen molar-refractivity contribution in [2.75, 3.05) is 13.6 Å². The van der Waals surface area contributed by atoms with Gasteiger partial charge in [0.2, 0.25) is 0 Å². The standard InChI is InChI=1S/C12H16N/c1-12(2)9-13(3)8-10-6-4-5-7-11(10)12/h4-8H,9H2,1-3H3/q+1. The van der Waals surface area contributed by atoms with Gasteiger partial charge >= 0.3 is 0 Å². The van der Waals surface area contributed by atoms with Gasteiger partial charge in [0, 0.05) is 11.0 Å². The molecule has 0 N–H and O–H groups in total. The minimum absolute atomic E-state index is 0.278. The second kappa shape index (κ2) is 2.69. The third-order valence-electron chi connectivity index (χ3n) is 2.69. The van der Waals surface area contributed by atoms with Crippen molar-refractivity contribution in [3.05, 3.63) is 35.4 Å². The molecule has 1 aromatic rings. The summed E-state index contributed by atoms with van der Waals surface area (Å²) in [6.07, 6.45) is 2.22. The molecule has 0 fully saturated rings. The lowest BCUT2D eigenvalue weighted by atomic mass is 9.80. The quantitative estimate of drug-likeness (QED) is 0.529. The molecule has 0 aromatic heterocycles. The van der Waals surface area contributed by atoms with Crippen LogP contribution in [-0.2, 0) is 5.41 Å². The lowest BCUT2D eigenvalue weighted by Gasteiger charge is -2.27. The minimum Gasteiger partial charge on any atom is -0.237 e. The van der Waals surface area contributed by atoms with Crippen LogP contribution in [0.15, 0.2) is 24.3 Å². The Balaban J connectivity index is 2.62. The van der Waals surface area contributed by atoms with Crippen molar-refractivity contribution in [2.45, 2.75) is 19.3 Å². The van der Waals surface area contributed by atoms with Crippen LogP contribution in [0.5, 0.6) is 0 Å². The maximum atomic E-state index is 2.30. The lowest BCUT2D eigenvalue weighted by molar-refractivity contribution is -0.503. The van der Waals surface area contributed by atoms with Crippen molar-refractivity contribution >= 4 is 6.21 Å². The zero-order chi connectivity index (χ0) is 9.47. The number of nitrogens with zero attached hydrogens (tertiary/aromatic N) is 1. The first-order chi connectivity index (χ1) is 6.09. The molecule has 13 heavy (non-hydrogen) atoms. The second-order valence-corrected chi connectivity index (χ2v) is 4.52. The Morgan fingerprint density at radius 2 is 1.92 bits per heavy atom. The average Bonchev–Trinajstić information content (AvgIpc) is 2.02. The summed E-state index contributed by atoms with van der Waals surface area (Å²) >= 11 is 0. The van der Waals surface area contributed by atoms with E-state index in [1.165, 1.54) is 11.1 Å². The highest BCUT2D eigenvalue weighted by Gasteiger charge is 2.31. The molecule has 1 aromatic carbocycles. The first-order valence-electron chi connectivity index (χ1n) is 4.74. The van der Waals surface area contributed by atoms with Crippen LogP contribution in [0, 0.1) is 0 Å². The van der Waals surface area contributed by atoms with E-state index < -0.39 is 0 Å². The molecule has 0 aliphatic carbocycles. The van der Waals surface area contributed by atoms with Gasteiger partial charge in [0.15, 0.2) is 12.8 Å². The molecule has 68 valence electrons. The molecule has 1 aliphatic rings. The largest absolute Gasteiger partial charge is 0.237 e. The molecule has 1 heteroatoms. The Labute approximate surface area is 79.7 Å². The van der Waals surface area contributed by atoms with E-state index in [0.29, 0.717) is 0 Å². The van der Waals surface area contributed by atoms with E-state index >= 15 is 0 Å². The van der Waals surface area contributed by atoms with Gasteiger partial charge in [-0.2, -0.15) is 0 Å². The molecule has 0 saturated carbocycles. The average molecular weight is 174 g/mol. The molecule has 1 nitrogen and oxygen atoms in total. The molecular weight excluding hydrogens is 158 g/mol. The fraction of sp³-hybridized carbons (Fsp3) is 0.417. The Hall–Kier alpha value is -1.11. The summed E-state index contributed by atoms with van der Waals surface area (Å²) in [4.78, 5) is 0. The third-order valence-corrected chi connectivity index (χ3v) is 2.69. The minimum atomic E-state index is 0.278. The van der Waals surface area contributed by atoms with Gasteiger partial charge in [0.25, 0.3) is 0 Å². The van der Waals surface area contributed by atoms with Crippen LogP contribution in [0.25, 0.3) is 0 Å². The number of benzene rings is 1. The topological polar surface area (TPSA) is 3.01 Å². The Kier molecular flexibility index (Phi) is 1.76. The van der Waals surface area contributed by atoms with E-state index in [1.807, 2.05) is 0 Å². The second-order valence-electron chi connectivity index (χ2n) is 4.52. The summed E-state index contributed by atoms with van der Waals surface area (Å²) in [7, 11) is 2.14. The summed E-state index contributed by atoms with van der Waals surface area (Å²) in [6, 6.07) is 8.65. The van der Waals surface area contributed by atoms with Crippen LogP contribution in [0.1, 0.15) is 25.0 Å². The van der Waals surface area contributed by atoms with Gasteiger partial charge in [-0.05, 0) is 25.5 Å². The number of likely N-dealkylation sites (N-methyl/N-ethyl adjacent to an activating group) is 1. The summed E-state index contributed by atoms with van der Waals surface area (Å²) in [5.74, 6) is 0. The zero-order valence-corrected chi connectivity index (χ0v) is 8.54. The van der Waals surface area contributed by atoms with Crippen LogP contribution in [-0.4, -0.2) is 24.4 Å². The van der Waals surface area contributed by atoms with E-state index in [0.717, 1.165) is 6.54 Å². The maximum Gasteiger partial charge on any atom is 0.170 e. The van der Waals surface area contributed by atoms with Crippen molar-refractivity contribution in [3.8, 4) is 0 Å². The van der Waals surface area contributed by atoms with Gasteiger partial charge in [0.05, 0.1) is 0 Å². The molecule has 0 bridgehead atoms. The highest BCUT2D eigenvalue weighted by Crippen LogP contribution is 2.28. The molecule has 0 spiro atoms. The number of hydrogen-bond donors (Lipinski definition) is 0. The fourth-order valence-electron chi connectivity index (χ4n) is 2.22. The van der Waals surface area contributed by atoms with Crippen molar-refractivity contribution in [3.63, 3.8) is 0 Å². The molecule has 1 heterocycles. The summed E-state index contributed by atoms with van der Waals surface area (Å²) in [5, 5.41) is 0. The molecule has 0 saturated heterocycles. The van der Waals surface area contributed by atoms with Crippen molar-refractivity contribution in [1.29, 1.82) is 0 Å². The molecule has 0 unspecified atom stereocenters. The predicted molar refractivity (Wildman–Crippen MR) is 55.7 cm³/mol. The smallest absolute Gasteiger partial charge is 0.170 e. The van der Waals surface area contributed by atoms with Gasteiger partial charge in [-0.3, -0.25) is 0 Å². The molecule has 1 aliphatic heterocycles. The highest BCUT2D eigenvalue weighted by molar-refractivity contribution is 5.79. The SMILES string of the molecule is C[N+]1=Cc2ccccc2C(C)(C)C1.